The zero-order valence-corrected chi connectivity index (χ0v) is 15.3. The van der Waals surface area contributed by atoms with Gasteiger partial charge in [0.15, 0.2) is 0 Å². The van der Waals surface area contributed by atoms with E-state index >= 15 is 0 Å². The molecule has 0 radical (unpaired) electrons. The van der Waals surface area contributed by atoms with Crippen LogP contribution >= 0.6 is 0 Å². The van der Waals surface area contributed by atoms with E-state index in [1.54, 1.807) is 36.4 Å². The van der Waals surface area contributed by atoms with Crippen LogP contribution in [0.4, 0.5) is 5.69 Å². The maximum atomic E-state index is 12.9. The second-order valence-electron chi connectivity index (χ2n) is 6.54. The third kappa shape index (κ3) is 2.59. The standard InChI is InChI=1S/C19H16N2O6S/c22-17-19(25,18(23)24)9-11-20(17)14-6-7-16-13(12-14)8-10-21(16)28(26,27)15-4-2-1-3-5-15/h1-8,10,12,25H,9,11H2,(H,23,24). The zero-order chi connectivity index (χ0) is 20.1. The van der Waals surface area contributed by atoms with Crippen molar-refractivity contribution in [2.24, 2.45) is 0 Å². The van der Waals surface area contributed by atoms with E-state index in [-0.39, 0.29) is 17.9 Å². The van der Waals surface area contributed by atoms with Crippen LogP contribution < -0.4 is 4.90 Å². The second-order valence-corrected chi connectivity index (χ2v) is 8.36. The molecule has 2 heterocycles. The highest BCUT2D eigenvalue weighted by Gasteiger charge is 2.52. The average Bonchev–Trinajstić information content (AvgIpc) is 3.24. The number of hydrogen-bond acceptors (Lipinski definition) is 5. The second kappa shape index (κ2) is 6.18. The first-order valence-corrected chi connectivity index (χ1v) is 9.89. The summed E-state index contributed by atoms with van der Waals surface area (Å²) in [5, 5.41) is 19.7. The first-order chi connectivity index (χ1) is 13.2. The third-order valence-electron chi connectivity index (χ3n) is 4.90. The molecular formula is C19H16N2O6S. The molecule has 3 aromatic rings. The fourth-order valence-electron chi connectivity index (χ4n) is 3.34. The van der Waals surface area contributed by atoms with Gasteiger partial charge in [-0.25, -0.2) is 17.2 Å². The summed E-state index contributed by atoms with van der Waals surface area (Å²) in [6.07, 6.45) is 1.21. The first kappa shape index (κ1) is 18.2. The highest BCUT2D eigenvalue weighted by molar-refractivity contribution is 7.90. The number of anilines is 1. The lowest BCUT2D eigenvalue weighted by molar-refractivity contribution is -0.162. The monoisotopic (exact) mass is 400 g/mol. The molecule has 4 rings (SSSR count). The minimum Gasteiger partial charge on any atom is -0.479 e. The van der Waals surface area contributed by atoms with Crippen LogP contribution in [0, 0.1) is 0 Å². The molecule has 1 amide bonds. The summed E-state index contributed by atoms with van der Waals surface area (Å²) >= 11 is 0. The Kier molecular flexibility index (Phi) is 4.02. The summed E-state index contributed by atoms with van der Waals surface area (Å²) in [4.78, 5) is 24.9. The predicted molar refractivity (Wildman–Crippen MR) is 101 cm³/mol. The lowest BCUT2D eigenvalue weighted by Crippen LogP contribution is -2.46. The maximum Gasteiger partial charge on any atom is 0.345 e. The molecule has 1 aliphatic heterocycles. The molecule has 0 saturated carbocycles. The van der Waals surface area contributed by atoms with Crippen molar-refractivity contribution in [2.75, 3.05) is 11.4 Å². The topological polar surface area (TPSA) is 117 Å². The number of rotatable bonds is 4. The molecule has 144 valence electrons. The Balaban J connectivity index is 1.74. The number of aliphatic hydroxyl groups is 1. The molecule has 1 fully saturated rings. The van der Waals surface area contributed by atoms with E-state index in [2.05, 4.69) is 0 Å². The fourth-order valence-corrected chi connectivity index (χ4v) is 4.71. The van der Waals surface area contributed by atoms with E-state index in [0.717, 1.165) is 3.97 Å². The summed E-state index contributed by atoms with van der Waals surface area (Å²) < 4.78 is 26.9. The van der Waals surface area contributed by atoms with Gasteiger partial charge in [0.2, 0.25) is 5.60 Å². The highest BCUT2D eigenvalue weighted by atomic mass is 32.2. The molecule has 0 bridgehead atoms. The van der Waals surface area contributed by atoms with Crippen molar-refractivity contribution in [3.05, 3.63) is 60.8 Å². The summed E-state index contributed by atoms with van der Waals surface area (Å²) in [5.41, 5.74) is -1.62. The van der Waals surface area contributed by atoms with E-state index in [4.69, 9.17) is 5.11 Å². The van der Waals surface area contributed by atoms with Crippen LogP contribution in [0.15, 0.2) is 65.7 Å². The molecule has 8 nitrogen and oxygen atoms in total. The smallest absolute Gasteiger partial charge is 0.345 e. The number of carboxylic acid groups (broad SMARTS) is 1. The number of aliphatic carboxylic acids is 1. The molecule has 0 aliphatic carbocycles. The average molecular weight is 400 g/mol. The molecule has 28 heavy (non-hydrogen) atoms. The number of hydrogen-bond donors (Lipinski definition) is 2. The molecule has 1 aliphatic rings. The van der Waals surface area contributed by atoms with E-state index in [1.165, 1.54) is 29.3 Å². The Morgan fingerprint density at radius 2 is 1.79 bits per heavy atom. The minimum atomic E-state index is -3.78. The number of carbonyl (C=O) groups excluding carboxylic acids is 1. The van der Waals surface area contributed by atoms with E-state index in [1.807, 2.05) is 0 Å². The summed E-state index contributed by atoms with van der Waals surface area (Å²) in [7, 11) is -3.78. The van der Waals surface area contributed by atoms with Gasteiger partial charge in [-0.05, 0) is 36.4 Å². The summed E-state index contributed by atoms with van der Waals surface area (Å²) in [6.45, 7) is 0.0517. The van der Waals surface area contributed by atoms with Crippen molar-refractivity contribution in [3.63, 3.8) is 0 Å². The van der Waals surface area contributed by atoms with Gasteiger partial charge in [-0.2, -0.15) is 0 Å². The predicted octanol–water partition coefficient (Wildman–Crippen LogP) is 1.43. The van der Waals surface area contributed by atoms with Crippen LogP contribution in [0.2, 0.25) is 0 Å². The van der Waals surface area contributed by atoms with Crippen LogP contribution in [0.1, 0.15) is 6.42 Å². The van der Waals surface area contributed by atoms with Crippen LogP contribution in [-0.2, 0) is 19.6 Å². The van der Waals surface area contributed by atoms with Gasteiger partial charge in [0.25, 0.3) is 15.9 Å². The number of aromatic nitrogens is 1. The summed E-state index contributed by atoms with van der Waals surface area (Å²) in [5.74, 6) is -2.49. The molecule has 9 heteroatoms. The number of fused-ring (bicyclic) bond motifs is 1. The lowest BCUT2D eigenvalue weighted by Gasteiger charge is -2.19. The Bertz CT molecular complexity index is 1200. The van der Waals surface area contributed by atoms with Crippen molar-refractivity contribution in [2.45, 2.75) is 16.9 Å². The largest absolute Gasteiger partial charge is 0.479 e. The Morgan fingerprint density at radius 1 is 1.07 bits per heavy atom. The number of nitrogens with zero attached hydrogens (tertiary/aromatic N) is 2. The van der Waals surface area contributed by atoms with Gasteiger partial charge in [-0.15, -0.1) is 0 Å². The number of carboxylic acids is 1. The normalized spacial score (nSPS) is 20.0. The summed E-state index contributed by atoms with van der Waals surface area (Å²) in [6, 6.07) is 14.3. The molecular weight excluding hydrogens is 384 g/mol. The van der Waals surface area contributed by atoms with Crippen molar-refractivity contribution in [1.29, 1.82) is 0 Å². The quantitative estimate of drug-likeness (QED) is 0.640. The third-order valence-corrected chi connectivity index (χ3v) is 6.60. The van der Waals surface area contributed by atoms with Gasteiger partial charge in [0.1, 0.15) is 0 Å². The Hall–Kier alpha value is -3.17. The van der Waals surface area contributed by atoms with Crippen LogP contribution in [0.5, 0.6) is 0 Å². The fraction of sp³-hybridized carbons (Fsp3) is 0.158. The Labute approximate surface area is 160 Å². The molecule has 1 aromatic heterocycles. The van der Waals surface area contributed by atoms with Crippen LogP contribution in [-0.4, -0.2) is 46.6 Å². The van der Waals surface area contributed by atoms with Crippen molar-refractivity contribution >= 4 is 38.5 Å². The molecule has 1 atom stereocenters. The van der Waals surface area contributed by atoms with Gasteiger partial charge in [0, 0.05) is 30.2 Å². The SMILES string of the molecule is O=C(O)C1(O)CCN(c2ccc3c(ccn3S(=O)(=O)c3ccccc3)c2)C1=O. The first-order valence-electron chi connectivity index (χ1n) is 8.45. The van der Waals surface area contributed by atoms with Gasteiger partial charge in [-0.3, -0.25) is 4.79 Å². The zero-order valence-electron chi connectivity index (χ0n) is 14.5. The Morgan fingerprint density at radius 3 is 2.43 bits per heavy atom. The van der Waals surface area contributed by atoms with E-state index in [0.29, 0.717) is 16.6 Å². The lowest BCUT2D eigenvalue weighted by atomic mass is 10.0. The van der Waals surface area contributed by atoms with Gasteiger partial charge >= 0.3 is 5.97 Å². The van der Waals surface area contributed by atoms with Crippen molar-refractivity contribution < 1.29 is 28.2 Å². The molecule has 0 spiro atoms. The van der Waals surface area contributed by atoms with Gasteiger partial charge in [0.05, 0.1) is 10.4 Å². The molecule has 2 aromatic carbocycles. The van der Waals surface area contributed by atoms with Gasteiger partial charge < -0.3 is 15.1 Å². The maximum absolute atomic E-state index is 12.9. The number of benzene rings is 2. The highest BCUT2D eigenvalue weighted by Crippen LogP contribution is 2.32. The number of carbonyl (C=O) groups is 2. The minimum absolute atomic E-state index is 0.0517. The number of amides is 1. The van der Waals surface area contributed by atoms with Crippen molar-refractivity contribution in [1.82, 2.24) is 3.97 Å². The molecule has 1 saturated heterocycles. The molecule has 2 N–H and O–H groups in total. The van der Waals surface area contributed by atoms with E-state index < -0.39 is 27.5 Å². The van der Waals surface area contributed by atoms with Gasteiger partial charge in [-0.1, -0.05) is 18.2 Å². The molecule has 1 unspecified atom stereocenters. The van der Waals surface area contributed by atoms with E-state index in [9.17, 15) is 23.1 Å². The van der Waals surface area contributed by atoms with Crippen LogP contribution in [0.25, 0.3) is 10.9 Å². The van der Waals surface area contributed by atoms with Crippen molar-refractivity contribution in [3.8, 4) is 0 Å². The van der Waals surface area contributed by atoms with Crippen LogP contribution in [0.3, 0.4) is 0 Å².